The first kappa shape index (κ1) is 15.0. The molecule has 3 amide bonds. The Bertz CT molecular complexity index is 651. The van der Waals surface area contributed by atoms with E-state index in [1.807, 2.05) is 48.5 Å². The zero-order chi connectivity index (χ0) is 16.2. The lowest BCUT2D eigenvalue weighted by Crippen LogP contribution is -2.45. The highest BCUT2D eigenvalue weighted by Gasteiger charge is 2.33. The van der Waals surface area contributed by atoms with Crippen molar-refractivity contribution < 1.29 is 9.59 Å². The van der Waals surface area contributed by atoms with Gasteiger partial charge in [0.25, 0.3) is 0 Å². The molecule has 0 aliphatic carbocycles. The highest BCUT2D eigenvalue weighted by atomic mass is 16.2. The normalized spacial score (nSPS) is 18.0. The third-order valence-corrected chi connectivity index (χ3v) is 3.89. The Morgan fingerprint density at radius 1 is 1.22 bits per heavy atom. The molecule has 1 saturated heterocycles. The predicted molar refractivity (Wildman–Crippen MR) is 85.6 cm³/mol. The monoisotopic (exact) mass is 310 g/mol. The van der Waals surface area contributed by atoms with Crippen LogP contribution < -0.4 is 10.6 Å². The van der Waals surface area contributed by atoms with E-state index in [2.05, 4.69) is 15.6 Å². The molecule has 2 heterocycles. The highest BCUT2D eigenvalue weighted by Crippen LogP contribution is 2.26. The smallest absolute Gasteiger partial charge is 0.315 e. The van der Waals surface area contributed by atoms with Gasteiger partial charge in [-0.15, -0.1) is 0 Å². The van der Waals surface area contributed by atoms with Crippen LogP contribution in [0.1, 0.15) is 17.3 Å². The van der Waals surface area contributed by atoms with Crippen LogP contribution in [0.25, 0.3) is 0 Å². The zero-order valence-electron chi connectivity index (χ0n) is 12.8. The molecule has 6 nitrogen and oxygen atoms in total. The Morgan fingerprint density at radius 2 is 1.96 bits per heavy atom. The number of amides is 3. The molecule has 0 spiro atoms. The lowest BCUT2D eigenvalue weighted by atomic mass is 10.0. The Balaban J connectivity index is 1.92. The summed E-state index contributed by atoms with van der Waals surface area (Å²) in [5.74, 6) is -0.150. The van der Waals surface area contributed by atoms with E-state index in [1.165, 1.54) is 0 Å². The highest BCUT2D eigenvalue weighted by molar-refractivity contribution is 5.90. The molecule has 3 rings (SSSR count). The van der Waals surface area contributed by atoms with E-state index in [9.17, 15) is 9.59 Å². The Hall–Kier alpha value is -2.89. The number of aromatic nitrogens is 1. The summed E-state index contributed by atoms with van der Waals surface area (Å²) < 4.78 is 0. The van der Waals surface area contributed by atoms with Crippen LogP contribution in [0, 0.1) is 0 Å². The van der Waals surface area contributed by atoms with Crippen LogP contribution in [-0.4, -0.2) is 41.5 Å². The van der Waals surface area contributed by atoms with Crippen LogP contribution in [0.4, 0.5) is 4.79 Å². The van der Waals surface area contributed by atoms with E-state index in [-0.39, 0.29) is 18.0 Å². The number of carbonyl (C=O) groups excluding carboxylic acids is 2. The van der Waals surface area contributed by atoms with Gasteiger partial charge in [0, 0.05) is 19.8 Å². The number of nitrogens with zero attached hydrogens (tertiary/aromatic N) is 2. The summed E-state index contributed by atoms with van der Waals surface area (Å²) in [4.78, 5) is 30.0. The van der Waals surface area contributed by atoms with Gasteiger partial charge in [-0.3, -0.25) is 9.78 Å². The molecule has 0 bridgehead atoms. The van der Waals surface area contributed by atoms with Gasteiger partial charge in [-0.05, 0) is 17.7 Å². The van der Waals surface area contributed by atoms with Crippen molar-refractivity contribution >= 4 is 11.9 Å². The first-order chi connectivity index (χ1) is 11.2. The largest absolute Gasteiger partial charge is 0.336 e. The number of benzene rings is 1. The molecule has 118 valence electrons. The zero-order valence-corrected chi connectivity index (χ0v) is 12.8. The quantitative estimate of drug-likeness (QED) is 0.894. The van der Waals surface area contributed by atoms with Crippen LogP contribution >= 0.6 is 0 Å². The summed E-state index contributed by atoms with van der Waals surface area (Å²) in [6, 6.07) is 14.2. The molecule has 0 radical (unpaired) electrons. The van der Waals surface area contributed by atoms with Crippen molar-refractivity contribution in [3.63, 3.8) is 0 Å². The number of pyridine rings is 1. The SMILES string of the molecule is CN(C(=O)[C@@H]1CNC(=O)N1)[C@H](c1ccccc1)c1ccccn1. The van der Waals surface area contributed by atoms with E-state index in [4.69, 9.17) is 0 Å². The van der Waals surface area contributed by atoms with Gasteiger partial charge in [0.15, 0.2) is 0 Å². The second-order valence-electron chi connectivity index (χ2n) is 5.42. The molecule has 2 atom stereocenters. The third kappa shape index (κ3) is 3.15. The molecule has 2 N–H and O–H groups in total. The van der Waals surface area contributed by atoms with Crippen LogP contribution in [0.5, 0.6) is 0 Å². The lowest BCUT2D eigenvalue weighted by molar-refractivity contribution is -0.132. The Labute approximate surface area is 134 Å². The number of rotatable bonds is 4. The van der Waals surface area contributed by atoms with Gasteiger partial charge in [-0.25, -0.2) is 4.79 Å². The molecular formula is C17H18N4O2. The van der Waals surface area contributed by atoms with Crippen molar-refractivity contribution in [2.75, 3.05) is 13.6 Å². The number of hydrogen-bond donors (Lipinski definition) is 2. The van der Waals surface area contributed by atoms with Crippen molar-refractivity contribution in [3.05, 3.63) is 66.0 Å². The van der Waals surface area contributed by atoms with Gasteiger partial charge < -0.3 is 15.5 Å². The van der Waals surface area contributed by atoms with E-state index in [0.717, 1.165) is 11.3 Å². The van der Waals surface area contributed by atoms with Crippen molar-refractivity contribution in [3.8, 4) is 0 Å². The van der Waals surface area contributed by atoms with Gasteiger partial charge >= 0.3 is 6.03 Å². The lowest BCUT2D eigenvalue weighted by Gasteiger charge is -2.30. The molecule has 0 saturated carbocycles. The Kier molecular flexibility index (Phi) is 4.23. The average molecular weight is 310 g/mol. The molecule has 1 aromatic heterocycles. The van der Waals surface area contributed by atoms with Crippen molar-refractivity contribution in [1.29, 1.82) is 0 Å². The van der Waals surface area contributed by atoms with E-state index < -0.39 is 6.04 Å². The summed E-state index contributed by atoms with van der Waals surface area (Å²) in [5.41, 5.74) is 1.76. The maximum atomic E-state index is 12.7. The molecule has 2 aromatic rings. The summed E-state index contributed by atoms with van der Waals surface area (Å²) in [6.07, 6.45) is 1.71. The first-order valence-corrected chi connectivity index (χ1v) is 7.43. The number of likely N-dealkylation sites (N-methyl/N-ethyl adjacent to an activating group) is 1. The molecule has 6 heteroatoms. The van der Waals surface area contributed by atoms with Gasteiger partial charge in [0.1, 0.15) is 6.04 Å². The second-order valence-corrected chi connectivity index (χ2v) is 5.42. The topological polar surface area (TPSA) is 74.3 Å². The minimum atomic E-state index is -0.553. The third-order valence-electron chi connectivity index (χ3n) is 3.89. The van der Waals surface area contributed by atoms with Crippen LogP contribution in [-0.2, 0) is 4.79 Å². The summed E-state index contributed by atoms with van der Waals surface area (Å²) in [5, 5.41) is 5.24. The fraction of sp³-hybridized carbons (Fsp3) is 0.235. The maximum absolute atomic E-state index is 12.7. The summed E-state index contributed by atoms with van der Waals surface area (Å²) >= 11 is 0. The standard InChI is InChI=1S/C17H18N4O2/c1-21(16(22)14-11-19-17(23)20-14)15(12-7-3-2-4-8-12)13-9-5-6-10-18-13/h2-10,14-15H,11H2,1H3,(H2,19,20,23)/t14-,15+/m0/s1. The minimum absolute atomic E-state index is 0.150. The number of nitrogens with one attached hydrogen (secondary N) is 2. The number of urea groups is 1. The predicted octanol–water partition coefficient (Wildman–Crippen LogP) is 1.31. The van der Waals surface area contributed by atoms with Crippen LogP contribution in [0.2, 0.25) is 0 Å². The maximum Gasteiger partial charge on any atom is 0.315 e. The van der Waals surface area contributed by atoms with Gasteiger partial charge in [-0.2, -0.15) is 0 Å². The molecule has 23 heavy (non-hydrogen) atoms. The average Bonchev–Trinajstić information content (AvgIpc) is 3.03. The van der Waals surface area contributed by atoms with Crippen molar-refractivity contribution in [2.45, 2.75) is 12.1 Å². The van der Waals surface area contributed by atoms with Gasteiger partial charge in [0.2, 0.25) is 5.91 Å². The fourth-order valence-corrected chi connectivity index (χ4v) is 2.74. The number of carbonyl (C=O) groups is 2. The van der Waals surface area contributed by atoms with Crippen molar-refractivity contribution in [2.24, 2.45) is 0 Å². The first-order valence-electron chi connectivity index (χ1n) is 7.43. The molecular weight excluding hydrogens is 292 g/mol. The molecule has 1 fully saturated rings. The van der Waals surface area contributed by atoms with E-state index in [1.54, 1.807) is 18.1 Å². The molecule has 1 aromatic carbocycles. The number of hydrogen-bond acceptors (Lipinski definition) is 3. The van der Waals surface area contributed by atoms with Gasteiger partial charge in [0.05, 0.1) is 11.7 Å². The molecule has 0 unspecified atom stereocenters. The summed E-state index contributed by atoms with van der Waals surface area (Å²) in [7, 11) is 1.74. The van der Waals surface area contributed by atoms with Crippen molar-refractivity contribution in [1.82, 2.24) is 20.5 Å². The summed E-state index contributed by atoms with van der Waals surface area (Å²) in [6.45, 7) is 0.297. The fourth-order valence-electron chi connectivity index (χ4n) is 2.74. The van der Waals surface area contributed by atoms with Crippen LogP contribution in [0.15, 0.2) is 54.7 Å². The van der Waals surface area contributed by atoms with Crippen LogP contribution in [0.3, 0.4) is 0 Å². The molecule has 1 aliphatic heterocycles. The van der Waals surface area contributed by atoms with E-state index >= 15 is 0 Å². The minimum Gasteiger partial charge on any atom is -0.336 e. The van der Waals surface area contributed by atoms with E-state index in [0.29, 0.717) is 6.54 Å². The van der Waals surface area contributed by atoms with Gasteiger partial charge in [-0.1, -0.05) is 36.4 Å². The molecule has 1 aliphatic rings. The second kappa shape index (κ2) is 6.48. The Morgan fingerprint density at radius 3 is 2.57 bits per heavy atom.